The van der Waals surface area contributed by atoms with E-state index in [0.29, 0.717) is 29.0 Å². The molecule has 0 radical (unpaired) electrons. The molecule has 1 saturated carbocycles. The Bertz CT molecular complexity index is 718. The van der Waals surface area contributed by atoms with Crippen LogP contribution >= 0.6 is 0 Å². The zero-order valence-corrected chi connectivity index (χ0v) is 12.3. The lowest BCUT2D eigenvalue weighted by atomic mass is 10.1. The maximum absolute atomic E-state index is 13.9. The minimum absolute atomic E-state index is 0.0585. The molecule has 22 heavy (non-hydrogen) atoms. The van der Waals surface area contributed by atoms with E-state index in [0.717, 1.165) is 12.8 Å². The van der Waals surface area contributed by atoms with E-state index in [2.05, 4.69) is 10.3 Å². The van der Waals surface area contributed by atoms with Crippen LogP contribution in [0.25, 0.3) is 11.1 Å². The molecular weight excluding hydrogens is 281 g/mol. The van der Waals surface area contributed by atoms with Crippen LogP contribution in [0.2, 0.25) is 0 Å². The fourth-order valence-corrected chi connectivity index (χ4v) is 2.27. The van der Waals surface area contributed by atoms with E-state index in [1.165, 1.54) is 6.20 Å². The van der Waals surface area contributed by atoms with Crippen molar-refractivity contribution in [1.29, 1.82) is 5.26 Å². The minimum Gasteiger partial charge on any atom is -0.490 e. The normalized spacial score (nSPS) is 15.1. The van der Waals surface area contributed by atoms with Crippen LogP contribution in [-0.2, 0) is 0 Å². The highest BCUT2D eigenvalue weighted by Crippen LogP contribution is 2.35. The van der Waals surface area contributed by atoms with Crippen molar-refractivity contribution in [1.82, 2.24) is 10.3 Å². The van der Waals surface area contributed by atoms with E-state index >= 15 is 0 Å². The monoisotopic (exact) mass is 297 g/mol. The molecule has 0 unspecified atom stereocenters. The fraction of sp³-hybridized carbons (Fsp3) is 0.294. The minimum atomic E-state index is -0.549. The van der Waals surface area contributed by atoms with Gasteiger partial charge < -0.3 is 10.1 Å². The first-order valence-electron chi connectivity index (χ1n) is 7.14. The number of nitriles is 1. The van der Waals surface area contributed by atoms with Gasteiger partial charge in [0.25, 0.3) is 0 Å². The fourth-order valence-electron chi connectivity index (χ4n) is 2.27. The number of pyridine rings is 1. The average molecular weight is 297 g/mol. The van der Waals surface area contributed by atoms with Gasteiger partial charge in [0, 0.05) is 5.56 Å². The molecule has 1 aliphatic carbocycles. The molecule has 1 N–H and O–H groups in total. The predicted octanol–water partition coefficient (Wildman–Crippen LogP) is 2.89. The largest absolute Gasteiger partial charge is 0.490 e. The first-order valence-corrected chi connectivity index (χ1v) is 7.14. The number of hydrogen-bond acceptors (Lipinski definition) is 4. The maximum Gasteiger partial charge on any atom is 0.220 e. The number of ether oxygens (including phenoxy) is 1. The Morgan fingerprint density at radius 1 is 1.36 bits per heavy atom. The van der Waals surface area contributed by atoms with Crippen LogP contribution in [0.15, 0.2) is 36.5 Å². The zero-order chi connectivity index (χ0) is 15.6. The van der Waals surface area contributed by atoms with Crippen molar-refractivity contribution < 1.29 is 9.13 Å². The van der Waals surface area contributed by atoms with Crippen LogP contribution in [0.1, 0.15) is 18.4 Å². The van der Waals surface area contributed by atoms with E-state index in [1.54, 1.807) is 30.3 Å². The highest BCUT2D eigenvalue weighted by atomic mass is 19.1. The summed E-state index contributed by atoms with van der Waals surface area (Å²) in [5.74, 6) is -0.00547. The lowest BCUT2D eigenvalue weighted by molar-refractivity contribution is 0.258. The third-order valence-electron chi connectivity index (χ3n) is 4.04. The van der Waals surface area contributed by atoms with Crippen LogP contribution in [-0.4, -0.2) is 24.2 Å². The second-order valence-electron chi connectivity index (χ2n) is 5.52. The van der Waals surface area contributed by atoms with Gasteiger partial charge in [-0.15, -0.1) is 0 Å². The topological polar surface area (TPSA) is 57.9 Å². The first kappa shape index (κ1) is 14.5. The number of nitrogens with one attached hydrogen (secondary N) is 1. The molecule has 4 nitrogen and oxygen atoms in total. The van der Waals surface area contributed by atoms with Gasteiger partial charge in [-0.2, -0.15) is 9.65 Å². The van der Waals surface area contributed by atoms with Crippen LogP contribution in [0.5, 0.6) is 5.75 Å². The molecule has 0 atom stereocenters. The second kappa shape index (κ2) is 5.74. The van der Waals surface area contributed by atoms with Crippen LogP contribution in [0, 0.1) is 17.3 Å². The summed E-state index contributed by atoms with van der Waals surface area (Å²) in [5, 5.41) is 12.1. The summed E-state index contributed by atoms with van der Waals surface area (Å²) in [4.78, 5) is 3.77. The molecule has 2 aromatic rings. The molecule has 1 fully saturated rings. The summed E-state index contributed by atoms with van der Waals surface area (Å²) in [5.41, 5.74) is 1.64. The van der Waals surface area contributed by atoms with Gasteiger partial charge in [-0.1, -0.05) is 12.1 Å². The van der Waals surface area contributed by atoms with Crippen LogP contribution in [0.3, 0.4) is 0 Å². The van der Waals surface area contributed by atoms with Gasteiger partial charge in [-0.05, 0) is 43.7 Å². The molecular formula is C17H16FN3O. The predicted molar refractivity (Wildman–Crippen MR) is 80.9 cm³/mol. The van der Waals surface area contributed by atoms with Crippen LogP contribution < -0.4 is 10.1 Å². The summed E-state index contributed by atoms with van der Waals surface area (Å²) in [6.07, 6.45) is 3.56. The van der Waals surface area contributed by atoms with Gasteiger partial charge in [0.15, 0.2) is 0 Å². The lowest BCUT2D eigenvalue weighted by Gasteiger charge is -2.15. The molecule has 112 valence electrons. The number of nitrogens with zero attached hydrogens (tertiary/aromatic N) is 2. The SMILES string of the molecule is CNC1(COc2cnc(F)c(-c3ccc(C#N)cc3)c2)CC1. The highest BCUT2D eigenvalue weighted by molar-refractivity contribution is 5.65. The number of hydrogen-bond donors (Lipinski definition) is 1. The van der Waals surface area contributed by atoms with Gasteiger partial charge in [0.1, 0.15) is 12.4 Å². The van der Waals surface area contributed by atoms with E-state index in [9.17, 15) is 4.39 Å². The number of aromatic nitrogens is 1. The third-order valence-corrected chi connectivity index (χ3v) is 4.04. The van der Waals surface area contributed by atoms with Crippen molar-refractivity contribution in [3.8, 4) is 22.9 Å². The molecule has 5 heteroatoms. The van der Waals surface area contributed by atoms with E-state index in [1.807, 2.05) is 13.1 Å². The van der Waals surface area contributed by atoms with Gasteiger partial charge >= 0.3 is 0 Å². The zero-order valence-electron chi connectivity index (χ0n) is 12.3. The quantitative estimate of drug-likeness (QED) is 0.862. The van der Waals surface area contributed by atoms with Crippen molar-refractivity contribution in [2.75, 3.05) is 13.7 Å². The molecule has 1 aromatic heterocycles. The Morgan fingerprint density at radius 2 is 2.09 bits per heavy atom. The molecule has 0 aliphatic heterocycles. The van der Waals surface area contributed by atoms with E-state index in [-0.39, 0.29) is 5.54 Å². The standard InChI is InChI=1S/C17H16FN3O/c1-20-17(6-7-17)11-22-14-8-15(16(18)21-10-14)13-4-2-12(9-19)3-5-13/h2-5,8,10,20H,6-7,11H2,1H3. The second-order valence-corrected chi connectivity index (χ2v) is 5.52. The van der Waals surface area contributed by atoms with E-state index in [4.69, 9.17) is 10.00 Å². The van der Waals surface area contributed by atoms with Crippen molar-refractivity contribution in [2.24, 2.45) is 0 Å². The Labute approximate surface area is 128 Å². The highest BCUT2D eigenvalue weighted by Gasteiger charge is 2.41. The van der Waals surface area contributed by atoms with Gasteiger partial charge in [0.05, 0.1) is 23.4 Å². The van der Waals surface area contributed by atoms with Crippen molar-refractivity contribution >= 4 is 0 Å². The molecule has 3 rings (SSSR count). The summed E-state index contributed by atoms with van der Waals surface area (Å²) in [7, 11) is 1.92. The molecule has 0 amide bonds. The maximum atomic E-state index is 13.9. The van der Waals surface area contributed by atoms with Gasteiger partial charge in [-0.25, -0.2) is 4.98 Å². The molecule has 1 aliphatic rings. The van der Waals surface area contributed by atoms with Crippen molar-refractivity contribution in [2.45, 2.75) is 18.4 Å². The summed E-state index contributed by atoms with van der Waals surface area (Å²) in [6, 6.07) is 10.4. The van der Waals surface area contributed by atoms with Gasteiger partial charge in [-0.3, -0.25) is 0 Å². The van der Waals surface area contributed by atoms with E-state index < -0.39 is 5.95 Å². The summed E-state index contributed by atoms with van der Waals surface area (Å²) in [6.45, 7) is 0.545. The smallest absolute Gasteiger partial charge is 0.220 e. The molecule has 1 heterocycles. The lowest BCUT2D eigenvalue weighted by Crippen LogP contribution is -2.33. The summed E-state index contributed by atoms with van der Waals surface area (Å²) >= 11 is 0. The Kier molecular flexibility index (Phi) is 3.78. The molecule has 0 bridgehead atoms. The van der Waals surface area contributed by atoms with Crippen LogP contribution in [0.4, 0.5) is 4.39 Å². The van der Waals surface area contributed by atoms with Crippen molar-refractivity contribution in [3.05, 3.63) is 48.0 Å². The molecule has 0 saturated heterocycles. The molecule has 0 spiro atoms. The number of benzene rings is 1. The first-order chi connectivity index (χ1) is 10.7. The third kappa shape index (κ3) is 2.92. The van der Waals surface area contributed by atoms with Crippen molar-refractivity contribution in [3.63, 3.8) is 0 Å². The number of halogens is 1. The number of rotatable bonds is 5. The Hall–Kier alpha value is -2.45. The Balaban J connectivity index is 1.81. The number of likely N-dealkylation sites (N-methyl/N-ethyl adjacent to an activating group) is 1. The summed E-state index contributed by atoms with van der Waals surface area (Å²) < 4.78 is 19.7. The average Bonchev–Trinajstić information content (AvgIpc) is 3.35. The Morgan fingerprint density at radius 3 is 2.68 bits per heavy atom. The van der Waals surface area contributed by atoms with Gasteiger partial charge in [0.2, 0.25) is 5.95 Å². The molecule has 1 aromatic carbocycles.